The van der Waals surface area contributed by atoms with Gasteiger partial charge >= 0.3 is 0 Å². The van der Waals surface area contributed by atoms with Gasteiger partial charge in [0.25, 0.3) is 0 Å². The van der Waals surface area contributed by atoms with Crippen LogP contribution in [0.2, 0.25) is 5.02 Å². The van der Waals surface area contributed by atoms with Crippen molar-refractivity contribution < 1.29 is 0 Å². The molecule has 0 saturated carbocycles. The van der Waals surface area contributed by atoms with E-state index in [-0.39, 0.29) is 0 Å². The lowest BCUT2D eigenvalue weighted by molar-refractivity contribution is 0.985. The zero-order valence-corrected chi connectivity index (χ0v) is 15.6. The topological polar surface area (TPSA) is 0 Å². The van der Waals surface area contributed by atoms with Crippen molar-refractivity contribution in [2.75, 3.05) is 0 Å². The third-order valence-electron chi connectivity index (χ3n) is 4.51. The van der Waals surface area contributed by atoms with Gasteiger partial charge in [0.2, 0.25) is 0 Å². The summed E-state index contributed by atoms with van der Waals surface area (Å²) in [6, 6.07) is 25.4. The Bertz CT molecular complexity index is 858. The van der Waals surface area contributed by atoms with Crippen molar-refractivity contribution in [3.05, 3.63) is 112 Å². The highest BCUT2D eigenvalue weighted by Gasteiger charge is 2.05. The monoisotopic (exact) mass is 346 g/mol. The van der Waals surface area contributed by atoms with E-state index in [1.165, 1.54) is 33.4 Å². The summed E-state index contributed by atoms with van der Waals surface area (Å²) in [4.78, 5) is 0. The summed E-state index contributed by atoms with van der Waals surface area (Å²) in [6.07, 6.45) is 4.41. The maximum Gasteiger partial charge on any atom is 0.0406 e. The maximum atomic E-state index is 6.06. The first-order valence-corrected chi connectivity index (χ1v) is 9.09. The minimum Gasteiger partial charge on any atom is -0.0843 e. The van der Waals surface area contributed by atoms with E-state index in [1.54, 1.807) is 0 Å². The van der Waals surface area contributed by atoms with Crippen molar-refractivity contribution in [1.82, 2.24) is 0 Å². The van der Waals surface area contributed by atoms with E-state index < -0.39 is 0 Å². The molecule has 0 N–H and O–H groups in total. The van der Waals surface area contributed by atoms with Crippen LogP contribution in [0.15, 0.2) is 78.9 Å². The van der Waals surface area contributed by atoms with Crippen LogP contribution in [0.3, 0.4) is 0 Å². The van der Waals surface area contributed by atoms with Gasteiger partial charge in [-0.15, -0.1) is 0 Å². The molecule has 0 radical (unpaired) electrons. The predicted molar refractivity (Wildman–Crippen MR) is 109 cm³/mol. The highest BCUT2D eigenvalue weighted by molar-refractivity contribution is 6.30. The highest BCUT2D eigenvalue weighted by atomic mass is 35.5. The first-order valence-electron chi connectivity index (χ1n) is 8.71. The lowest BCUT2D eigenvalue weighted by Gasteiger charge is -2.10. The summed E-state index contributed by atoms with van der Waals surface area (Å²) in [5.74, 6) is 0. The smallest absolute Gasteiger partial charge is 0.0406 e. The molecule has 0 atom stereocenters. The minimum absolute atomic E-state index is 0.770. The van der Waals surface area contributed by atoms with Gasteiger partial charge in [0, 0.05) is 5.02 Å². The summed E-state index contributed by atoms with van der Waals surface area (Å²) in [5, 5.41) is 0.770. The molecule has 0 saturated heterocycles. The van der Waals surface area contributed by atoms with Gasteiger partial charge in [0.05, 0.1) is 0 Å². The summed E-state index contributed by atoms with van der Waals surface area (Å²) < 4.78 is 0. The van der Waals surface area contributed by atoms with Gasteiger partial charge in [-0.25, -0.2) is 0 Å². The van der Waals surface area contributed by atoms with Crippen LogP contribution in [0.25, 0.3) is 5.57 Å². The Morgan fingerprint density at radius 3 is 2.24 bits per heavy atom. The molecule has 3 aromatic carbocycles. The summed E-state index contributed by atoms with van der Waals surface area (Å²) in [6.45, 7) is 4.34. The molecule has 1 heteroatoms. The Labute approximate surface area is 155 Å². The van der Waals surface area contributed by atoms with Crippen molar-refractivity contribution in [2.24, 2.45) is 0 Å². The highest BCUT2D eigenvalue weighted by Crippen LogP contribution is 2.26. The molecule has 0 heterocycles. The molecule has 3 rings (SSSR count). The van der Waals surface area contributed by atoms with E-state index in [4.69, 9.17) is 11.6 Å². The Morgan fingerprint density at radius 1 is 0.840 bits per heavy atom. The molecule has 25 heavy (non-hydrogen) atoms. The number of aryl methyl sites for hydroxylation is 3. The molecule has 0 aromatic heterocycles. The second kappa shape index (κ2) is 8.18. The molecule has 0 bridgehead atoms. The number of hydrogen-bond donors (Lipinski definition) is 0. The van der Waals surface area contributed by atoms with Crippen LogP contribution in [-0.4, -0.2) is 0 Å². The first-order chi connectivity index (χ1) is 12.1. The Morgan fingerprint density at radius 2 is 1.52 bits per heavy atom. The first kappa shape index (κ1) is 17.5. The number of allylic oxidation sites excluding steroid dienone is 1. The van der Waals surface area contributed by atoms with Gasteiger partial charge in [-0.3, -0.25) is 0 Å². The third-order valence-corrected chi connectivity index (χ3v) is 4.76. The maximum absolute atomic E-state index is 6.06. The van der Waals surface area contributed by atoms with Crippen LogP contribution in [0, 0.1) is 13.8 Å². The zero-order chi connectivity index (χ0) is 17.6. The van der Waals surface area contributed by atoms with Gasteiger partial charge in [-0.1, -0.05) is 83.9 Å². The molecule has 126 valence electrons. The number of benzene rings is 3. The van der Waals surface area contributed by atoms with Crippen LogP contribution < -0.4 is 0 Å². The largest absolute Gasteiger partial charge is 0.0843 e. The molecule has 0 aliphatic carbocycles. The Kier molecular flexibility index (Phi) is 5.73. The van der Waals surface area contributed by atoms with Gasteiger partial charge in [0.15, 0.2) is 0 Å². The average Bonchev–Trinajstić information content (AvgIpc) is 2.63. The van der Waals surface area contributed by atoms with Gasteiger partial charge in [-0.2, -0.15) is 0 Å². The van der Waals surface area contributed by atoms with Gasteiger partial charge < -0.3 is 0 Å². The molecule has 0 aliphatic heterocycles. The fourth-order valence-corrected chi connectivity index (χ4v) is 3.22. The fourth-order valence-electron chi connectivity index (χ4n) is 3.09. The molecular formula is C24H23Cl. The summed E-state index contributed by atoms with van der Waals surface area (Å²) in [7, 11) is 0. The standard InChI is InChI=1S/C24H23Cl/c1-18-11-12-19(2)22(17-18)9-6-10-24(20-7-4-3-5-8-20)21-13-15-23(25)16-14-21/h3-5,7-8,10-17H,6,9H2,1-2H3/b24-10+. The molecule has 0 amide bonds. The molecule has 0 nitrogen and oxygen atoms in total. The lowest BCUT2D eigenvalue weighted by Crippen LogP contribution is -1.92. The normalized spacial score (nSPS) is 11.6. The van der Waals surface area contributed by atoms with Crippen LogP contribution in [0.1, 0.15) is 34.2 Å². The quantitative estimate of drug-likeness (QED) is 0.465. The second-order valence-corrected chi connectivity index (χ2v) is 6.90. The van der Waals surface area contributed by atoms with Crippen molar-refractivity contribution in [3.63, 3.8) is 0 Å². The SMILES string of the molecule is Cc1ccc(C)c(CC/C=C(\c2ccccc2)c2ccc(Cl)cc2)c1. The van der Waals surface area contributed by atoms with Gasteiger partial charge in [0.1, 0.15) is 0 Å². The minimum atomic E-state index is 0.770. The van der Waals surface area contributed by atoms with E-state index in [0.717, 1.165) is 17.9 Å². The van der Waals surface area contributed by atoms with Crippen molar-refractivity contribution in [2.45, 2.75) is 26.7 Å². The number of hydrogen-bond acceptors (Lipinski definition) is 0. The molecule has 3 aromatic rings. The van der Waals surface area contributed by atoms with E-state index in [1.807, 2.05) is 12.1 Å². The molecule has 0 fully saturated rings. The fraction of sp³-hybridized carbons (Fsp3) is 0.167. The van der Waals surface area contributed by atoms with Crippen molar-refractivity contribution in [3.8, 4) is 0 Å². The van der Waals surface area contributed by atoms with E-state index in [2.05, 4.69) is 80.6 Å². The van der Waals surface area contributed by atoms with Crippen LogP contribution in [0.4, 0.5) is 0 Å². The average molecular weight is 347 g/mol. The molecule has 0 unspecified atom stereocenters. The number of halogens is 1. The van der Waals surface area contributed by atoms with E-state index >= 15 is 0 Å². The Hall–Kier alpha value is -2.31. The molecular weight excluding hydrogens is 324 g/mol. The number of rotatable bonds is 5. The third kappa shape index (κ3) is 4.61. The van der Waals surface area contributed by atoms with E-state index in [0.29, 0.717) is 0 Å². The van der Waals surface area contributed by atoms with E-state index in [9.17, 15) is 0 Å². The van der Waals surface area contributed by atoms with Gasteiger partial charge in [-0.05, 0) is 66.6 Å². The summed E-state index contributed by atoms with van der Waals surface area (Å²) in [5.41, 5.74) is 7.84. The van der Waals surface area contributed by atoms with Crippen LogP contribution in [0.5, 0.6) is 0 Å². The van der Waals surface area contributed by atoms with Crippen molar-refractivity contribution in [1.29, 1.82) is 0 Å². The predicted octanol–water partition coefficient (Wildman–Crippen LogP) is 7.02. The zero-order valence-electron chi connectivity index (χ0n) is 14.8. The van der Waals surface area contributed by atoms with Crippen molar-refractivity contribution >= 4 is 17.2 Å². The molecule has 0 aliphatic rings. The second-order valence-electron chi connectivity index (χ2n) is 6.46. The molecule has 0 spiro atoms. The van der Waals surface area contributed by atoms with Crippen LogP contribution in [-0.2, 0) is 6.42 Å². The van der Waals surface area contributed by atoms with Crippen LogP contribution >= 0.6 is 11.6 Å². The lowest BCUT2D eigenvalue weighted by atomic mass is 9.95. The Balaban J connectivity index is 1.87. The summed E-state index contributed by atoms with van der Waals surface area (Å²) >= 11 is 6.06.